The molecule has 1 amide bonds. The average Bonchev–Trinajstić information content (AvgIpc) is 3.00. The van der Waals surface area contributed by atoms with Crippen molar-refractivity contribution < 1.29 is 14.3 Å². The number of rotatable bonds is 5. The van der Waals surface area contributed by atoms with Crippen LogP contribution in [0.15, 0.2) is 23.6 Å². The minimum atomic E-state index is -0.606. The summed E-state index contributed by atoms with van der Waals surface area (Å²) >= 11 is 1.35. The van der Waals surface area contributed by atoms with Crippen molar-refractivity contribution in [1.29, 1.82) is 0 Å². The maximum atomic E-state index is 12.2. The van der Waals surface area contributed by atoms with Gasteiger partial charge in [-0.05, 0) is 23.6 Å². The lowest BCUT2D eigenvalue weighted by atomic mass is 9.87. The van der Waals surface area contributed by atoms with Crippen LogP contribution in [0.2, 0.25) is 0 Å². The summed E-state index contributed by atoms with van der Waals surface area (Å²) in [5.41, 5.74) is 7.28. The lowest BCUT2D eigenvalue weighted by Gasteiger charge is -2.25. The number of nitrogens with one attached hydrogen (secondary N) is 1. The van der Waals surface area contributed by atoms with Crippen LogP contribution in [0.5, 0.6) is 11.5 Å². The summed E-state index contributed by atoms with van der Waals surface area (Å²) in [6.07, 6.45) is 0. The molecule has 0 aliphatic carbocycles. The van der Waals surface area contributed by atoms with Crippen LogP contribution in [-0.4, -0.2) is 31.2 Å². The SMILES string of the molecule is COc1ccc(-c2csc(NC(=O)[C@@H](N)C(C)(C)C)n2)cc1OC. The standard InChI is InChI=1S/C17H23N3O3S/c1-17(2,3)14(18)15(21)20-16-19-11(9-24-16)10-6-7-12(22-4)13(8-10)23-5/h6-9,14H,18H2,1-5H3,(H,19,20,21)/t14-/m1/s1. The van der Waals surface area contributed by atoms with Crippen molar-refractivity contribution in [1.82, 2.24) is 4.98 Å². The van der Waals surface area contributed by atoms with Gasteiger partial charge in [-0.2, -0.15) is 0 Å². The number of hydrogen-bond acceptors (Lipinski definition) is 6. The van der Waals surface area contributed by atoms with Crippen LogP contribution in [0, 0.1) is 5.41 Å². The van der Waals surface area contributed by atoms with Crippen LogP contribution in [0.4, 0.5) is 5.13 Å². The molecule has 7 heteroatoms. The number of ether oxygens (including phenoxy) is 2. The summed E-state index contributed by atoms with van der Waals surface area (Å²) in [4.78, 5) is 16.6. The van der Waals surface area contributed by atoms with Gasteiger partial charge >= 0.3 is 0 Å². The molecule has 0 unspecified atom stereocenters. The highest BCUT2D eigenvalue weighted by Crippen LogP contribution is 2.33. The van der Waals surface area contributed by atoms with E-state index in [9.17, 15) is 4.79 Å². The summed E-state index contributed by atoms with van der Waals surface area (Å²) < 4.78 is 10.5. The Kier molecular flexibility index (Phi) is 5.46. The number of aromatic nitrogens is 1. The van der Waals surface area contributed by atoms with E-state index in [0.717, 1.165) is 11.3 Å². The number of nitrogens with zero attached hydrogens (tertiary/aromatic N) is 1. The number of benzene rings is 1. The van der Waals surface area contributed by atoms with E-state index in [4.69, 9.17) is 15.2 Å². The molecule has 0 aliphatic rings. The van der Waals surface area contributed by atoms with E-state index in [-0.39, 0.29) is 11.3 Å². The van der Waals surface area contributed by atoms with Gasteiger partial charge in [0.15, 0.2) is 16.6 Å². The first-order chi connectivity index (χ1) is 11.3. The molecule has 3 N–H and O–H groups in total. The number of anilines is 1. The van der Waals surface area contributed by atoms with Crippen molar-refractivity contribution in [2.45, 2.75) is 26.8 Å². The van der Waals surface area contributed by atoms with Gasteiger partial charge in [-0.1, -0.05) is 20.8 Å². The van der Waals surface area contributed by atoms with Crippen molar-refractivity contribution in [2.24, 2.45) is 11.1 Å². The van der Waals surface area contributed by atoms with Gasteiger partial charge in [0.1, 0.15) is 0 Å². The van der Waals surface area contributed by atoms with Gasteiger partial charge in [0.2, 0.25) is 5.91 Å². The molecule has 6 nitrogen and oxygen atoms in total. The lowest BCUT2D eigenvalue weighted by molar-refractivity contribution is -0.119. The topological polar surface area (TPSA) is 86.5 Å². The Bertz CT molecular complexity index is 722. The van der Waals surface area contributed by atoms with Crippen LogP contribution in [0.3, 0.4) is 0 Å². The third-order valence-corrected chi connectivity index (χ3v) is 4.39. The highest BCUT2D eigenvalue weighted by molar-refractivity contribution is 7.14. The van der Waals surface area contributed by atoms with Gasteiger partial charge in [-0.25, -0.2) is 4.98 Å². The Morgan fingerprint density at radius 1 is 1.25 bits per heavy atom. The summed E-state index contributed by atoms with van der Waals surface area (Å²) in [7, 11) is 3.18. The molecule has 1 heterocycles. The first-order valence-corrected chi connectivity index (χ1v) is 8.38. The number of methoxy groups -OCH3 is 2. The molecule has 2 rings (SSSR count). The third kappa shape index (κ3) is 4.04. The molecule has 130 valence electrons. The fraction of sp³-hybridized carbons (Fsp3) is 0.412. The summed E-state index contributed by atoms with van der Waals surface area (Å²) in [6.45, 7) is 5.77. The molecule has 0 bridgehead atoms. The van der Waals surface area contributed by atoms with Crippen LogP contribution in [0.1, 0.15) is 20.8 Å². The number of hydrogen-bond donors (Lipinski definition) is 2. The van der Waals surface area contributed by atoms with Crippen LogP contribution in [-0.2, 0) is 4.79 Å². The first-order valence-electron chi connectivity index (χ1n) is 7.50. The fourth-order valence-electron chi connectivity index (χ4n) is 2.04. The molecule has 0 saturated carbocycles. The molecule has 1 atom stereocenters. The van der Waals surface area contributed by atoms with Crippen molar-refractivity contribution in [2.75, 3.05) is 19.5 Å². The van der Waals surface area contributed by atoms with Gasteiger partial charge in [0.05, 0.1) is 26.0 Å². The smallest absolute Gasteiger partial charge is 0.243 e. The zero-order valence-electron chi connectivity index (χ0n) is 14.5. The third-order valence-electron chi connectivity index (χ3n) is 3.63. The van der Waals surface area contributed by atoms with Crippen molar-refractivity contribution in [3.63, 3.8) is 0 Å². The zero-order chi connectivity index (χ0) is 17.9. The fourth-order valence-corrected chi connectivity index (χ4v) is 2.76. The molecule has 0 spiro atoms. The van der Waals surface area contributed by atoms with Crippen LogP contribution < -0.4 is 20.5 Å². The maximum Gasteiger partial charge on any atom is 0.243 e. The molecule has 2 aromatic rings. The minimum Gasteiger partial charge on any atom is -0.493 e. The van der Waals surface area contributed by atoms with Crippen molar-refractivity contribution in [3.05, 3.63) is 23.6 Å². The molecule has 0 saturated heterocycles. The first kappa shape index (κ1) is 18.2. The van der Waals surface area contributed by atoms with Crippen molar-refractivity contribution >= 4 is 22.4 Å². The Balaban J connectivity index is 2.18. The summed E-state index contributed by atoms with van der Waals surface area (Å²) in [5, 5.41) is 5.17. The second-order valence-electron chi connectivity index (χ2n) is 6.44. The maximum absolute atomic E-state index is 12.2. The highest BCUT2D eigenvalue weighted by Gasteiger charge is 2.28. The minimum absolute atomic E-state index is 0.240. The Morgan fingerprint density at radius 2 is 1.92 bits per heavy atom. The molecular formula is C17H23N3O3S. The molecule has 0 aliphatic heterocycles. The van der Waals surface area contributed by atoms with E-state index in [1.165, 1.54) is 11.3 Å². The molecule has 1 aromatic carbocycles. The van der Waals surface area contributed by atoms with Crippen LogP contribution in [0.25, 0.3) is 11.3 Å². The Morgan fingerprint density at radius 3 is 2.50 bits per heavy atom. The van der Waals surface area contributed by atoms with Gasteiger partial charge < -0.3 is 20.5 Å². The summed E-state index contributed by atoms with van der Waals surface area (Å²) in [6, 6.07) is 4.95. The molecular weight excluding hydrogens is 326 g/mol. The second-order valence-corrected chi connectivity index (χ2v) is 7.30. The lowest BCUT2D eigenvalue weighted by Crippen LogP contribution is -2.45. The van der Waals surface area contributed by atoms with E-state index < -0.39 is 6.04 Å². The van der Waals surface area contributed by atoms with E-state index in [2.05, 4.69) is 10.3 Å². The molecule has 0 fully saturated rings. The van der Waals surface area contributed by atoms with Crippen LogP contribution >= 0.6 is 11.3 Å². The Hall–Kier alpha value is -2.12. The number of carbonyl (C=O) groups is 1. The predicted octanol–water partition coefficient (Wildman–Crippen LogP) is 3.14. The highest BCUT2D eigenvalue weighted by atomic mass is 32.1. The van der Waals surface area contributed by atoms with Gasteiger partial charge in [0.25, 0.3) is 0 Å². The predicted molar refractivity (Wildman–Crippen MR) is 96.7 cm³/mol. The molecule has 24 heavy (non-hydrogen) atoms. The monoisotopic (exact) mass is 349 g/mol. The quantitative estimate of drug-likeness (QED) is 0.866. The van der Waals surface area contributed by atoms with E-state index in [0.29, 0.717) is 16.6 Å². The number of nitrogens with two attached hydrogens (primary N) is 1. The Labute approximate surface area is 146 Å². The largest absolute Gasteiger partial charge is 0.493 e. The summed E-state index contributed by atoms with van der Waals surface area (Å²) in [5.74, 6) is 1.04. The van der Waals surface area contributed by atoms with E-state index in [1.807, 2.05) is 44.4 Å². The second kappa shape index (κ2) is 7.19. The number of amides is 1. The van der Waals surface area contributed by atoms with E-state index >= 15 is 0 Å². The van der Waals surface area contributed by atoms with Gasteiger partial charge in [-0.3, -0.25) is 4.79 Å². The molecule has 0 radical (unpaired) electrons. The molecule has 1 aromatic heterocycles. The van der Waals surface area contributed by atoms with E-state index in [1.54, 1.807) is 14.2 Å². The normalized spacial score (nSPS) is 12.6. The van der Waals surface area contributed by atoms with Gasteiger partial charge in [-0.15, -0.1) is 11.3 Å². The van der Waals surface area contributed by atoms with Gasteiger partial charge in [0, 0.05) is 10.9 Å². The average molecular weight is 349 g/mol. The van der Waals surface area contributed by atoms with Crippen molar-refractivity contribution in [3.8, 4) is 22.8 Å². The number of thiazole rings is 1. The zero-order valence-corrected chi connectivity index (χ0v) is 15.4. The number of carbonyl (C=O) groups excluding carboxylic acids is 1.